The Hall–Kier alpha value is -1.28. The van der Waals surface area contributed by atoms with Gasteiger partial charge in [0.1, 0.15) is 0 Å². The van der Waals surface area contributed by atoms with Crippen molar-refractivity contribution in [3.63, 3.8) is 0 Å². The van der Waals surface area contributed by atoms with E-state index in [4.69, 9.17) is 0 Å². The smallest absolute Gasteiger partial charge is 0.0483 e. The van der Waals surface area contributed by atoms with Gasteiger partial charge in [0, 0.05) is 23.6 Å². The molecule has 0 spiro atoms. The van der Waals surface area contributed by atoms with Crippen LogP contribution in [0.1, 0.15) is 50.5 Å². The van der Waals surface area contributed by atoms with E-state index in [2.05, 4.69) is 47.3 Å². The van der Waals surface area contributed by atoms with Crippen LogP contribution in [-0.4, -0.2) is 17.7 Å². The molecule has 3 rings (SSSR count). The maximum atomic E-state index is 3.47. The van der Waals surface area contributed by atoms with Crippen molar-refractivity contribution < 1.29 is 0 Å². The van der Waals surface area contributed by atoms with Crippen LogP contribution in [0.2, 0.25) is 0 Å². The zero-order valence-corrected chi connectivity index (χ0v) is 12.6. The Kier molecular flexibility index (Phi) is 4.41. The molecule has 1 saturated heterocycles. The van der Waals surface area contributed by atoms with Crippen LogP contribution in [0.15, 0.2) is 30.5 Å². The molecular weight excluding hydrogens is 244 g/mol. The number of rotatable bonds is 5. The van der Waals surface area contributed by atoms with E-state index in [1.165, 1.54) is 62.6 Å². The lowest BCUT2D eigenvalue weighted by Crippen LogP contribution is -2.26. The summed E-state index contributed by atoms with van der Waals surface area (Å²) in [5, 5.41) is 4.96. The second-order valence-corrected chi connectivity index (χ2v) is 6.03. The van der Waals surface area contributed by atoms with E-state index >= 15 is 0 Å². The quantitative estimate of drug-likeness (QED) is 0.802. The average Bonchev–Trinajstić information content (AvgIpc) is 2.88. The monoisotopic (exact) mass is 270 g/mol. The third kappa shape index (κ3) is 2.76. The molecule has 20 heavy (non-hydrogen) atoms. The first kappa shape index (κ1) is 13.7. The maximum Gasteiger partial charge on any atom is 0.0483 e. The molecule has 1 aliphatic rings. The summed E-state index contributed by atoms with van der Waals surface area (Å²) in [6, 6.07) is 8.95. The highest BCUT2D eigenvalue weighted by Gasteiger charge is 2.19. The Morgan fingerprint density at radius 2 is 1.95 bits per heavy atom. The predicted molar refractivity (Wildman–Crippen MR) is 86.3 cm³/mol. The fourth-order valence-electron chi connectivity index (χ4n) is 3.45. The number of aromatic nitrogens is 1. The van der Waals surface area contributed by atoms with Crippen molar-refractivity contribution >= 4 is 10.9 Å². The summed E-state index contributed by atoms with van der Waals surface area (Å²) in [5.41, 5.74) is 3.01. The van der Waals surface area contributed by atoms with Crippen LogP contribution in [-0.2, 0) is 6.54 Å². The number of piperidine rings is 1. The van der Waals surface area contributed by atoms with Crippen molar-refractivity contribution in [1.29, 1.82) is 0 Å². The molecule has 1 fully saturated rings. The Balaban J connectivity index is 1.91. The molecule has 0 aliphatic carbocycles. The molecule has 108 valence electrons. The molecule has 2 heteroatoms. The summed E-state index contributed by atoms with van der Waals surface area (Å²) in [6.45, 7) is 5.77. The summed E-state index contributed by atoms with van der Waals surface area (Å²) in [7, 11) is 0. The van der Waals surface area contributed by atoms with Crippen molar-refractivity contribution in [1.82, 2.24) is 9.88 Å². The Bertz CT molecular complexity index is 550. The number of fused-ring (bicyclic) bond motifs is 1. The number of hydrogen-bond donors (Lipinski definition) is 1. The van der Waals surface area contributed by atoms with E-state index in [0.29, 0.717) is 0 Å². The number of para-hydroxylation sites is 1. The highest BCUT2D eigenvalue weighted by Crippen LogP contribution is 2.33. The van der Waals surface area contributed by atoms with Gasteiger partial charge < -0.3 is 9.88 Å². The second-order valence-electron chi connectivity index (χ2n) is 6.03. The normalized spacial score (nSPS) is 16.9. The fourth-order valence-corrected chi connectivity index (χ4v) is 3.45. The zero-order chi connectivity index (χ0) is 13.8. The van der Waals surface area contributed by atoms with Crippen LogP contribution < -0.4 is 5.32 Å². The van der Waals surface area contributed by atoms with Crippen molar-refractivity contribution in [3.8, 4) is 0 Å². The van der Waals surface area contributed by atoms with E-state index in [1.54, 1.807) is 5.56 Å². The van der Waals surface area contributed by atoms with E-state index < -0.39 is 0 Å². The summed E-state index contributed by atoms with van der Waals surface area (Å²) >= 11 is 0. The zero-order valence-electron chi connectivity index (χ0n) is 12.6. The minimum absolute atomic E-state index is 0.744. The molecule has 2 heterocycles. The largest absolute Gasteiger partial charge is 0.347 e. The van der Waals surface area contributed by atoms with E-state index in [1.807, 2.05) is 0 Å². The molecule has 2 aromatic rings. The first-order valence-corrected chi connectivity index (χ1v) is 8.18. The molecule has 0 atom stereocenters. The molecule has 1 N–H and O–H groups in total. The lowest BCUT2D eigenvalue weighted by atomic mass is 9.90. The van der Waals surface area contributed by atoms with Crippen LogP contribution >= 0.6 is 0 Å². The minimum atomic E-state index is 0.744. The number of hydrogen-bond acceptors (Lipinski definition) is 1. The number of benzene rings is 1. The topological polar surface area (TPSA) is 17.0 Å². The highest BCUT2D eigenvalue weighted by molar-refractivity contribution is 5.84. The van der Waals surface area contributed by atoms with Gasteiger partial charge in [0.25, 0.3) is 0 Å². The molecule has 0 bridgehead atoms. The Labute approximate surface area is 122 Å². The van der Waals surface area contributed by atoms with Gasteiger partial charge in [-0.2, -0.15) is 0 Å². The molecule has 0 unspecified atom stereocenters. The highest BCUT2D eigenvalue weighted by atomic mass is 15.0. The number of nitrogens with one attached hydrogen (secondary N) is 1. The van der Waals surface area contributed by atoms with Gasteiger partial charge in [0.15, 0.2) is 0 Å². The van der Waals surface area contributed by atoms with Crippen LogP contribution in [0.4, 0.5) is 0 Å². The molecule has 1 aromatic carbocycles. The van der Waals surface area contributed by atoms with Crippen molar-refractivity contribution in [3.05, 3.63) is 36.0 Å². The summed E-state index contributed by atoms with van der Waals surface area (Å²) in [4.78, 5) is 0. The number of nitrogens with zero attached hydrogens (tertiary/aromatic N) is 1. The van der Waals surface area contributed by atoms with Crippen LogP contribution in [0, 0.1) is 0 Å². The lowest BCUT2D eigenvalue weighted by molar-refractivity contribution is 0.461. The number of unbranched alkanes of at least 4 members (excludes halogenated alkanes) is 2. The third-order valence-corrected chi connectivity index (χ3v) is 4.60. The van der Waals surface area contributed by atoms with Crippen molar-refractivity contribution in [2.24, 2.45) is 0 Å². The number of aryl methyl sites for hydroxylation is 1. The molecule has 0 saturated carbocycles. The van der Waals surface area contributed by atoms with E-state index in [0.717, 1.165) is 5.92 Å². The van der Waals surface area contributed by atoms with Crippen molar-refractivity contribution in [2.45, 2.75) is 51.5 Å². The second kappa shape index (κ2) is 6.45. The van der Waals surface area contributed by atoms with Gasteiger partial charge in [-0.3, -0.25) is 0 Å². The Morgan fingerprint density at radius 1 is 1.15 bits per heavy atom. The van der Waals surface area contributed by atoms with Crippen molar-refractivity contribution in [2.75, 3.05) is 13.1 Å². The first-order chi connectivity index (χ1) is 9.90. The van der Waals surface area contributed by atoms with Gasteiger partial charge in [0.05, 0.1) is 0 Å². The van der Waals surface area contributed by atoms with Crippen LogP contribution in [0.25, 0.3) is 10.9 Å². The van der Waals surface area contributed by atoms with Gasteiger partial charge in [-0.1, -0.05) is 38.0 Å². The standard InChI is InChI=1S/C18H26N2/c1-2-3-6-13-20-14-17(15-9-11-19-12-10-15)16-7-4-5-8-18(16)20/h4-5,7-8,14-15,19H,2-3,6,9-13H2,1H3. The van der Waals surface area contributed by atoms with Crippen LogP contribution in [0.3, 0.4) is 0 Å². The van der Waals surface area contributed by atoms with Crippen LogP contribution in [0.5, 0.6) is 0 Å². The molecular formula is C18H26N2. The summed E-state index contributed by atoms with van der Waals surface area (Å²) in [6.07, 6.45) is 8.92. The molecule has 1 aromatic heterocycles. The molecule has 0 radical (unpaired) electrons. The molecule has 1 aliphatic heterocycles. The Morgan fingerprint density at radius 3 is 2.75 bits per heavy atom. The minimum Gasteiger partial charge on any atom is -0.347 e. The molecule has 0 amide bonds. The molecule has 2 nitrogen and oxygen atoms in total. The summed E-state index contributed by atoms with van der Waals surface area (Å²) in [5.74, 6) is 0.744. The van der Waals surface area contributed by atoms with Gasteiger partial charge in [-0.05, 0) is 49.9 Å². The SMILES string of the molecule is CCCCCn1cc(C2CCNCC2)c2ccccc21. The fraction of sp³-hybridized carbons (Fsp3) is 0.556. The average molecular weight is 270 g/mol. The van der Waals surface area contributed by atoms with E-state index in [9.17, 15) is 0 Å². The van der Waals surface area contributed by atoms with E-state index in [-0.39, 0.29) is 0 Å². The van der Waals surface area contributed by atoms with Gasteiger partial charge in [-0.15, -0.1) is 0 Å². The van der Waals surface area contributed by atoms with Gasteiger partial charge in [-0.25, -0.2) is 0 Å². The van der Waals surface area contributed by atoms with Gasteiger partial charge in [0.2, 0.25) is 0 Å². The predicted octanol–water partition coefficient (Wildman–Crippen LogP) is 4.30. The van der Waals surface area contributed by atoms with Gasteiger partial charge >= 0.3 is 0 Å². The third-order valence-electron chi connectivity index (χ3n) is 4.60. The first-order valence-electron chi connectivity index (χ1n) is 8.18. The summed E-state index contributed by atoms with van der Waals surface area (Å²) < 4.78 is 2.49. The lowest BCUT2D eigenvalue weighted by Gasteiger charge is -2.22. The maximum absolute atomic E-state index is 3.47.